The van der Waals surface area contributed by atoms with E-state index in [4.69, 9.17) is 9.47 Å². The number of rotatable bonds is 22. The van der Waals surface area contributed by atoms with Gasteiger partial charge in [-0.15, -0.1) is 0 Å². The van der Waals surface area contributed by atoms with Gasteiger partial charge in [-0.25, -0.2) is 13.1 Å². The highest BCUT2D eigenvalue weighted by Crippen LogP contribution is 2.30. The van der Waals surface area contributed by atoms with Gasteiger partial charge in [-0.2, -0.15) is 13.2 Å². The van der Waals surface area contributed by atoms with Crippen molar-refractivity contribution >= 4 is 51.2 Å². The van der Waals surface area contributed by atoms with Crippen molar-refractivity contribution in [2.45, 2.75) is 122 Å². The lowest BCUT2D eigenvalue weighted by atomic mass is 9.89. The van der Waals surface area contributed by atoms with Gasteiger partial charge in [-0.05, 0) is 69.0 Å². The maximum atomic E-state index is 14.2. The number of likely N-dealkylation sites (N-methyl/N-ethyl adjacent to an activating group) is 2. The van der Waals surface area contributed by atoms with E-state index in [2.05, 4.69) is 10.6 Å². The molecule has 1 aromatic carbocycles. The lowest BCUT2D eigenvalue weighted by Gasteiger charge is -2.41. The summed E-state index contributed by atoms with van der Waals surface area (Å²) in [4.78, 5) is 83.4. The number of nitrogens with zero attached hydrogens (tertiary/aromatic N) is 3. The molecule has 352 valence electrons. The van der Waals surface area contributed by atoms with Crippen LogP contribution >= 0.6 is 0 Å². The highest BCUT2D eigenvalue weighted by molar-refractivity contribution is 7.90. The van der Waals surface area contributed by atoms with Gasteiger partial charge in [-0.1, -0.05) is 54.9 Å². The van der Waals surface area contributed by atoms with E-state index in [9.17, 15) is 50.4 Å². The van der Waals surface area contributed by atoms with Gasteiger partial charge in [0.1, 0.15) is 6.04 Å². The fourth-order valence-corrected chi connectivity index (χ4v) is 8.89. The lowest BCUT2D eigenvalue weighted by Crippen LogP contribution is -2.59. The third kappa shape index (κ3) is 14.3. The molecule has 1 aliphatic heterocycles. The van der Waals surface area contributed by atoms with E-state index in [0.29, 0.717) is 25.8 Å². The second kappa shape index (κ2) is 23.4. The molecule has 6 amide bonds. The van der Waals surface area contributed by atoms with Crippen LogP contribution in [0.4, 0.5) is 18.9 Å². The maximum Gasteiger partial charge on any atom is 0.471 e. The first-order chi connectivity index (χ1) is 28.7. The average Bonchev–Trinajstić information content (AvgIpc) is 3.67. The number of amides is 6. The number of hydrogen-bond donors (Lipinski definition) is 4. The van der Waals surface area contributed by atoms with Gasteiger partial charge in [0.25, 0.3) is 15.9 Å². The number of methoxy groups -OCH3 is 2. The summed E-state index contributed by atoms with van der Waals surface area (Å²) in [5.74, 6) is -6.21. The van der Waals surface area contributed by atoms with E-state index in [1.165, 1.54) is 14.2 Å². The van der Waals surface area contributed by atoms with Gasteiger partial charge < -0.3 is 35.2 Å². The highest BCUT2D eigenvalue weighted by atomic mass is 32.2. The largest absolute Gasteiger partial charge is 0.471 e. The van der Waals surface area contributed by atoms with E-state index in [-0.39, 0.29) is 47.6 Å². The minimum Gasteiger partial charge on any atom is -0.379 e. The Labute approximate surface area is 363 Å². The fraction of sp³-hybridized carbons (Fsp3) is 0.707. The fourth-order valence-electron chi connectivity index (χ4n) is 7.90. The zero-order valence-electron chi connectivity index (χ0n) is 37.8. The molecule has 17 nitrogen and oxygen atoms in total. The van der Waals surface area contributed by atoms with Crippen molar-refractivity contribution in [3.05, 3.63) is 24.3 Å². The normalized spacial score (nSPS) is 18.0. The minimum absolute atomic E-state index is 0.00970. The second-order valence-electron chi connectivity index (χ2n) is 16.7. The number of halogens is 3. The van der Waals surface area contributed by atoms with E-state index in [1.54, 1.807) is 33.8 Å². The molecule has 1 aromatic rings. The number of alkyl halides is 3. The van der Waals surface area contributed by atoms with Gasteiger partial charge >= 0.3 is 12.1 Å². The molecule has 0 spiro atoms. The quantitative estimate of drug-likeness (QED) is 0.133. The number of ether oxygens (including phenoxy) is 2. The first-order valence-electron chi connectivity index (χ1n) is 20.6. The number of sulfonamides is 1. The summed E-state index contributed by atoms with van der Waals surface area (Å²) in [5, 5.41) is 6.95. The smallest absolute Gasteiger partial charge is 0.379 e. The molecule has 0 bridgehead atoms. The monoisotopic (exact) mass is 905 g/mol. The summed E-state index contributed by atoms with van der Waals surface area (Å²) in [6, 6.07) is 1.18. The van der Waals surface area contributed by atoms with Crippen molar-refractivity contribution in [2.75, 3.05) is 53.8 Å². The molecular formula is C41H66F3N7O10S. The number of carbonyl (C=O) groups excluding carboxylic acids is 6. The van der Waals surface area contributed by atoms with Crippen LogP contribution in [0.1, 0.15) is 74.1 Å². The Hall–Kier alpha value is -4.34. The average molecular weight is 906 g/mol. The van der Waals surface area contributed by atoms with Crippen molar-refractivity contribution < 1.29 is 59.8 Å². The first-order valence-corrected chi connectivity index (χ1v) is 22.1. The third-order valence-electron chi connectivity index (χ3n) is 11.3. The highest BCUT2D eigenvalue weighted by Gasteiger charge is 2.43. The Balaban J connectivity index is 2.17. The van der Waals surface area contributed by atoms with Crippen molar-refractivity contribution in [1.29, 1.82) is 0 Å². The molecule has 21 heteroatoms. The minimum atomic E-state index is -5.16. The number of nitrogens with one attached hydrogen (secondary N) is 4. The molecule has 0 aliphatic carbocycles. The van der Waals surface area contributed by atoms with E-state index >= 15 is 0 Å². The molecule has 0 radical (unpaired) electrons. The Morgan fingerprint density at radius 1 is 0.903 bits per heavy atom. The third-order valence-corrected chi connectivity index (χ3v) is 12.7. The molecule has 62 heavy (non-hydrogen) atoms. The van der Waals surface area contributed by atoms with Gasteiger partial charge in [0.2, 0.25) is 23.6 Å². The second-order valence-corrected chi connectivity index (χ2v) is 18.4. The molecule has 1 unspecified atom stereocenters. The molecule has 0 saturated carbocycles. The molecule has 1 aliphatic rings. The van der Waals surface area contributed by atoms with Crippen molar-refractivity contribution in [3.8, 4) is 0 Å². The van der Waals surface area contributed by atoms with Gasteiger partial charge in [0, 0.05) is 33.5 Å². The summed E-state index contributed by atoms with van der Waals surface area (Å²) >= 11 is 0. The van der Waals surface area contributed by atoms with Crippen LogP contribution in [0.2, 0.25) is 0 Å². The molecule has 4 N–H and O–H groups in total. The van der Waals surface area contributed by atoms with Crippen LogP contribution in [0.15, 0.2) is 29.2 Å². The van der Waals surface area contributed by atoms with Crippen molar-refractivity contribution in [2.24, 2.45) is 23.7 Å². The number of likely N-dealkylation sites (tertiary alicyclic amines) is 1. The topological polar surface area (TPSA) is 213 Å². The van der Waals surface area contributed by atoms with Crippen LogP contribution in [-0.4, -0.2) is 150 Å². The zero-order valence-corrected chi connectivity index (χ0v) is 38.6. The Morgan fingerprint density at radius 2 is 1.50 bits per heavy atom. The maximum absolute atomic E-state index is 14.2. The zero-order chi connectivity index (χ0) is 47.4. The molecule has 1 fully saturated rings. The van der Waals surface area contributed by atoms with Gasteiger partial charge in [-0.3, -0.25) is 33.7 Å². The number of hydrogen-bond acceptors (Lipinski definition) is 11. The Kier molecular flexibility index (Phi) is 20.3. The summed E-state index contributed by atoms with van der Waals surface area (Å²) in [7, 11) is 3.62. The van der Waals surface area contributed by atoms with Crippen LogP contribution in [0.25, 0.3) is 0 Å². The molecular weight excluding hydrogens is 840 g/mol. The van der Waals surface area contributed by atoms with E-state index in [0.717, 1.165) is 24.3 Å². The molecule has 8 atom stereocenters. The van der Waals surface area contributed by atoms with Crippen LogP contribution in [0.5, 0.6) is 0 Å². The van der Waals surface area contributed by atoms with Crippen molar-refractivity contribution in [1.82, 2.24) is 30.1 Å². The van der Waals surface area contributed by atoms with E-state index in [1.807, 2.05) is 60.5 Å². The van der Waals surface area contributed by atoms with E-state index < -0.39 is 87.7 Å². The van der Waals surface area contributed by atoms with Crippen molar-refractivity contribution in [3.63, 3.8) is 0 Å². The molecule has 1 heterocycles. The van der Waals surface area contributed by atoms with Crippen LogP contribution in [0, 0.1) is 23.7 Å². The predicted octanol–water partition coefficient (Wildman–Crippen LogP) is 2.76. The number of carbonyl (C=O) groups is 6. The summed E-state index contributed by atoms with van der Waals surface area (Å²) in [6.07, 6.45) is -5.10. The predicted molar refractivity (Wildman–Crippen MR) is 225 cm³/mol. The number of anilines is 1. The standard InChI is InChI=1S/C41H66F3N7O10S/c1-13-25(6)35(50(10)39(56)33(23(2)3)47-38(55)34(24(4)5)49(8)9)30(60-11)21-32(53)51-20-14-15-29(51)36(61-12)26(7)37(54)45-22-31(52)48-62(58,59)28-18-16-27(17-19-28)46-40(57)41(42,43)44/h16-19,23-26,29-30,33-36H,13-15,20-22H2,1-12H3,(H,45,54)(H,46,57)(H,47,55)(H,48,52)/t25-,26+,29-,30+,33-,34?,35-,36+/m0/s1. The molecule has 2 rings (SSSR count). The summed E-state index contributed by atoms with van der Waals surface area (Å²) < 4.78 is 76.6. The first kappa shape index (κ1) is 53.8. The molecule has 1 saturated heterocycles. The number of benzene rings is 1. The van der Waals surface area contributed by atoms with Gasteiger partial charge in [0.15, 0.2) is 0 Å². The Morgan fingerprint density at radius 3 is 1.98 bits per heavy atom. The van der Waals surface area contributed by atoms with Gasteiger partial charge in [0.05, 0.1) is 54.1 Å². The van der Waals surface area contributed by atoms with Crippen LogP contribution < -0.4 is 20.7 Å². The SMILES string of the molecule is CC[C@H](C)[C@@H]([C@@H](CC(=O)N1CCC[C@H]1[C@H](OC)[C@@H](C)C(=O)NCC(=O)NS(=O)(=O)c1ccc(NC(=O)C(F)(F)F)cc1)OC)N(C)C(=O)[C@@H](NC(=O)C(C(C)C)N(C)C)C(C)C. The Bertz CT molecular complexity index is 1810. The summed E-state index contributed by atoms with van der Waals surface area (Å²) in [5.41, 5.74) is -0.332. The molecule has 0 aromatic heterocycles. The van der Waals surface area contributed by atoms with Crippen LogP contribution in [-0.2, 0) is 48.3 Å². The van der Waals surface area contributed by atoms with Crippen LogP contribution in [0.3, 0.4) is 0 Å². The lowest BCUT2D eigenvalue weighted by molar-refractivity contribution is -0.167. The summed E-state index contributed by atoms with van der Waals surface area (Å²) in [6.45, 7) is 12.7.